The molecule has 0 radical (unpaired) electrons. The van der Waals surface area contributed by atoms with Crippen molar-refractivity contribution < 1.29 is 18.3 Å². The maximum atomic E-state index is 12.2. The molecule has 0 bridgehead atoms. The van der Waals surface area contributed by atoms with Crippen molar-refractivity contribution in [3.63, 3.8) is 0 Å². The first-order chi connectivity index (χ1) is 9.02. The molecule has 19 heavy (non-hydrogen) atoms. The Morgan fingerprint density at radius 2 is 1.68 bits per heavy atom. The fourth-order valence-electron chi connectivity index (χ4n) is 2.90. The van der Waals surface area contributed by atoms with Gasteiger partial charge in [-0.3, -0.25) is 0 Å². The summed E-state index contributed by atoms with van der Waals surface area (Å²) < 4.78 is 32.2. The van der Waals surface area contributed by atoms with Crippen molar-refractivity contribution >= 4 is 10.0 Å². The zero-order chi connectivity index (χ0) is 13.8. The summed E-state index contributed by atoms with van der Waals surface area (Å²) in [7, 11) is -3.32. The number of rotatable bonds is 4. The molecule has 0 aromatic rings. The average Bonchev–Trinajstić information content (AvgIpc) is 2.63. The van der Waals surface area contributed by atoms with Crippen LogP contribution in [-0.2, 0) is 14.8 Å². The normalized spacial score (nSPS) is 25.9. The summed E-state index contributed by atoms with van der Waals surface area (Å²) in [5.41, 5.74) is -0.852. The number of hydrogen-bond acceptors (Lipinski definition) is 4. The SMILES string of the molecule is O=S(=O)(NCC1(O)CCCCCC1)C1CCOCC1. The van der Waals surface area contributed by atoms with Crippen LogP contribution in [0.3, 0.4) is 0 Å². The molecule has 0 unspecified atom stereocenters. The molecule has 2 aliphatic rings. The number of sulfonamides is 1. The predicted octanol–water partition coefficient (Wildman–Crippen LogP) is 1.17. The summed E-state index contributed by atoms with van der Waals surface area (Å²) in [6.07, 6.45) is 6.73. The van der Waals surface area contributed by atoms with E-state index in [-0.39, 0.29) is 11.8 Å². The lowest BCUT2D eigenvalue weighted by molar-refractivity contribution is 0.0301. The highest BCUT2D eigenvalue weighted by atomic mass is 32.2. The molecule has 1 saturated carbocycles. The van der Waals surface area contributed by atoms with Gasteiger partial charge in [-0.25, -0.2) is 13.1 Å². The molecular weight excluding hydrogens is 266 g/mol. The molecular formula is C13H25NO4S. The Labute approximate surface area is 115 Å². The molecule has 0 aromatic heterocycles. The molecule has 1 aliphatic heterocycles. The maximum Gasteiger partial charge on any atom is 0.214 e. The first-order valence-electron chi connectivity index (χ1n) is 7.30. The molecule has 5 nitrogen and oxygen atoms in total. The van der Waals surface area contributed by atoms with Crippen LogP contribution >= 0.6 is 0 Å². The third-order valence-corrected chi connectivity index (χ3v) is 6.14. The highest BCUT2D eigenvalue weighted by Crippen LogP contribution is 2.27. The van der Waals surface area contributed by atoms with Crippen molar-refractivity contribution in [1.29, 1.82) is 0 Å². The Hall–Kier alpha value is -0.170. The first-order valence-corrected chi connectivity index (χ1v) is 8.85. The summed E-state index contributed by atoms with van der Waals surface area (Å²) >= 11 is 0. The molecule has 0 aromatic carbocycles. The second kappa shape index (κ2) is 6.52. The molecule has 0 amide bonds. The van der Waals surface area contributed by atoms with Gasteiger partial charge in [0.05, 0.1) is 10.9 Å². The Morgan fingerprint density at radius 3 is 2.26 bits per heavy atom. The topological polar surface area (TPSA) is 75.6 Å². The summed E-state index contributed by atoms with van der Waals surface area (Å²) in [5.74, 6) is 0. The van der Waals surface area contributed by atoms with Crippen molar-refractivity contribution in [2.24, 2.45) is 0 Å². The number of hydrogen-bond donors (Lipinski definition) is 2. The van der Waals surface area contributed by atoms with Gasteiger partial charge in [-0.1, -0.05) is 25.7 Å². The van der Waals surface area contributed by atoms with Crippen LogP contribution in [0.5, 0.6) is 0 Å². The average molecular weight is 291 g/mol. The van der Waals surface area contributed by atoms with E-state index in [1.165, 1.54) is 0 Å². The molecule has 1 saturated heterocycles. The van der Waals surface area contributed by atoms with Crippen LogP contribution in [0.2, 0.25) is 0 Å². The van der Waals surface area contributed by atoms with Gasteiger partial charge in [-0.15, -0.1) is 0 Å². The Balaban J connectivity index is 1.88. The Kier molecular flexibility index (Phi) is 5.22. The lowest BCUT2D eigenvalue weighted by atomic mass is 9.95. The van der Waals surface area contributed by atoms with E-state index in [0.717, 1.165) is 25.7 Å². The Bertz CT molecular complexity index is 368. The second-order valence-electron chi connectivity index (χ2n) is 5.82. The minimum Gasteiger partial charge on any atom is -0.389 e. The molecule has 2 rings (SSSR count). The van der Waals surface area contributed by atoms with Gasteiger partial charge in [-0.2, -0.15) is 0 Å². The fraction of sp³-hybridized carbons (Fsp3) is 1.00. The predicted molar refractivity (Wildman–Crippen MR) is 73.4 cm³/mol. The zero-order valence-corrected chi connectivity index (χ0v) is 12.3. The molecule has 2 fully saturated rings. The second-order valence-corrected chi connectivity index (χ2v) is 7.86. The monoisotopic (exact) mass is 291 g/mol. The molecule has 1 aliphatic carbocycles. The summed E-state index contributed by atoms with van der Waals surface area (Å²) in [5, 5.41) is 10.1. The van der Waals surface area contributed by atoms with Crippen molar-refractivity contribution in [2.75, 3.05) is 19.8 Å². The third kappa shape index (κ3) is 4.41. The van der Waals surface area contributed by atoms with E-state index in [1.807, 2.05) is 0 Å². The van der Waals surface area contributed by atoms with E-state index in [4.69, 9.17) is 4.74 Å². The quantitative estimate of drug-likeness (QED) is 0.762. The summed E-state index contributed by atoms with van der Waals surface area (Å²) in [6, 6.07) is 0. The van der Waals surface area contributed by atoms with Crippen molar-refractivity contribution in [3.05, 3.63) is 0 Å². The zero-order valence-electron chi connectivity index (χ0n) is 11.4. The first kappa shape index (κ1) is 15.2. The lowest BCUT2D eigenvalue weighted by Crippen LogP contribution is -2.46. The lowest BCUT2D eigenvalue weighted by Gasteiger charge is -2.29. The molecule has 0 spiro atoms. The van der Waals surface area contributed by atoms with E-state index >= 15 is 0 Å². The van der Waals surface area contributed by atoms with Gasteiger partial charge >= 0.3 is 0 Å². The van der Waals surface area contributed by atoms with Gasteiger partial charge in [0.15, 0.2) is 0 Å². The van der Waals surface area contributed by atoms with Crippen molar-refractivity contribution in [3.8, 4) is 0 Å². The van der Waals surface area contributed by atoms with Crippen LogP contribution < -0.4 is 4.72 Å². The molecule has 1 heterocycles. The van der Waals surface area contributed by atoms with Gasteiger partial charge in [0, 0.05) is 19.8 Å². The minimum atomic E-state index is -3.32. The largest absolute Gasteiger partial charge is 0.389 e. The molecule has 0 atom stereocenters. The standard InChI is InChI=1S/C13H25NO4S/c15-13(7-3-1-2-4-8-13)11-14-19(16,17)12-5-9-18-10-6-12/h12,14-15H,1-11H2. The highest BCUT2D eigenvalue weighted by Gasteiger charge is 2.33. The van der Waals surface area contributed by atoms with Crippen LogP contribution in [-0.4, -0.2) is 44.1 Å². The van der Waals surface area contributed by atoms with E-state index in [0.29, 0.717) is 38.9 Å². The Morgan fingerprint density at radius 1 is 1.11 bits per heavy atom. The number of ether oxygens (including phenoxy) is 1. The van der Waals surface area contributed by atoms with E-state index in [2.05, 4.69) is 4.72 Å². The molecule has 2 N–H and O–H groups in total. The van der Waals surface area contributed by atoms with Gasteiger partial charge in [0.1, 0.15) is 0 Å². The van der Waals surface area contributed by atoms with E-state index < -0.39 is 15.6 Å². The number of aliphatic hydroxyl groups is 1. The van der Waals surface area contributed by atoms with Crippen LogP contribution in [0.15, 0.2) is 0 Å². The minimum absolute atomic E-state index is 0.159. The van der Waals surface area contributed by atoms with Crippen LogP contribution in [0.25, 0.3) is 0 Å². The smallest absolute Gasteiger partial charge is 0.214 e. The fourth-order valence-corrected chi connectivity index (χ4v) is 4.42. The van der Waals surface area contributed by atoms with Crippen LogP contribution in [0.4, 0.5) is 0 Å². The van der Waals surface area contributed by atoms with Gasteiger partial charge in [0.25, 0.3) is 0 Å². The maximum absolute atomic E-state index is 12.2. The van der Waals surface area contributed by atoms with Crippen molar-refractivity contribution in [2.45, 2.75) is 62.2 Å². The summed E-state index contributed by atoms with van der Waals surface area (Å²) in [6.45, 7) is 1.18. The van der Waals surface area contributed by atoms with Gasteiger partial charge in [-0.05, 0) is 25.7 Å². The van der Waals surface area contributed by atoms with Gasteiger partial charge in [0.2, 0.25) is 10.0 Å². The molecule has 112 valence electrons. The third-order valence-electron chi connectivity index (χ3n) is 4.24. The van der Waals surface area contributed by atoms with Crippen LogP contribution in [0.1, 0.15) is 51.4 Å². The molecule has 6 heteroatoms. The van der Waals surface area contributed by atoms with Crippen LogP contribution in [0, 0.1) is 0 Å². The number of nitrogens with one attached hydrogen (secondary N) is 1. The summed E-state index contributed by atoms with van der Waals surface area (Å²) in [4.78, 5) is 0. The van der Waals surface area contributed by atoms with Crippen molar-refractivity contribution in [1.82, 2.24) is 4.72 Å². The van der Waals surface area contributed by atoms with Gasteiger partial charge < -0.3 is 9.84 Å². The van der Waals surface area contributed by atoms with E-state index in [9.17, 15) is 13.5 Å². The highest BCUT2D eigenvalue weighted by molar-refractivity contribution is 7.90. The van der Waals surface area contributed by atoms with E-state index in [1.54, 1.807) is 0 Å².